The highest BCUT2D eigenvalue weighted by Crippen LogP contribution is 2.38. The van der Waals surface area contributed by atoms with Gasteiger partial charge in [-0.3, -0.25) is 0 Å². The SMILES string of the molecule is CCCNC(c1ccc(OC2CC2)cc1)C1CCC1. The van der Waals surface area contributed by atoms with E-state index in [1.807, 2.05) is 0 Å². The molecular weight excluding hydrogens is 234 g/mol. The average Bonchev–Trinajstić information content (AvgIpc) is 3.17. The van der Waals surface area contributed by atoms with Crippen LogP contribution in [-0.2, 0) is 0 Å². The third-order valence-electron chi connectivity index (χ3n) is 4.30. The summed E-state index contributed by atoms with van der Waals surface area (Å²) in [4.78, 5) is 0. The summed E-state index contributed by atoms with van der Waals surface area (Å²) in [7, 11) is 0. The molecule has 0 aliphatic heterocycles. The first-order valence-electron chi connectivity index (χ1n) is 7.87. The minimum atomic E-state index is 0.492. The standard InChI is InChI=1S/C17H25NO/c1-2-12-18-17(13-4-3-5-13)14-6-8-15(9-7-14)19-16-10-11-16/h6-9,13,16-18H,2-5,10-12H2,1H3. The largest absolute Gasteiger partial charge is 0.490 e. The maximum atomic E-state index is 5.82. The summed E-state index contributed by atoms with van der Waals surface area (Å²) in [5.74, 6) is 1.87. The lowest BCUT2D eigenvalue weighted by molar-refractivity contribution is 0.231. The van der Waals surface area contributed by atoms with E-state index in [-0.39, 0.29) is 0 Å². The van der Waals surface area contributed by atoms with Gasteiger partial charge in [-0.25, -0.2) is 0 Å². The van der Waals surface area contributed by atoms with Gasteiger partial charge in [0.25, 0.3) is 0 Å². The molecule has 0 aromatic heterocycles. The third kappa shape index (κ3) is 3.30. The predicted molar refractivity (Wildman–Crippen MR) is 78.5 cm³/mol. The fraction of sp³-hybridized carbons (Fsp3) is 0.647. The molecule has 1 aromatic carbocycles. The molecule has 2 saturated carbocycles. The number of benzene rings is 1. The van der Waals surface area contributed by atoms with Crippen molar-refractivity contribution in [3.05, 3.63) is 29.8 Å². The molecule has 2 aliphatic rings. The van der Waals surface area contributed by atoms with E-state index in [0.29, 0.717) is 12.1 Å². The quantitative estimate of drug-likeness (QED) is 0.797. The molecule has 0 spiro atoms. The highest BCUT2D eigenvalue weighted by molar-refractivity contribution is 5.30. The molecule has 104 valence electrons. The molecule has 2 nitrogen and oxygen atoms in total. The van der Waals surface area contributed by atoms with E-state index in [4.69, 9.17) is 4.74 Å². The molecule has 1 atom stereocenters. The zero-order valence-electron chi connectivity index (χ0n) is 11.9. The molecule has 2 fully saturated rings. The van der Waals surface area contributed by atoms with E-state index in [1.165, 1.54) is 44.1 Å². The summed E-state index contributed by atoms with van der Waals surface area (Å²) >= 11 is 0. The third-order valence-corrected chi connectivity index (χ3v) is 4.30. The number of nitrogens with one attached hydrogen (secondary N) is 1. The van der Waals surface area contributed by atoms with E-state index < -0.39 is 0 Å². The molecule has 0 heterocycles. The predicted octanol–water partition coefficient (Wildman–Crippen LogP) is 4.07. The van der Waals surface area contributed by atoms with E-state index in [2.05, 4.69) is 36.5 Å². The van der Waals surface area contributed by atoms with Gasteiger partial charge in [0.1, 0.15) is 5.75 Å². The Morgan fingerprint density at radius 3 is 2.42 bits per heavy atom. The van der Waals surface area contributed by atoms with Gasteiger partial charge in [-0.2, -0.15) is 0 Å². The minimum Gasteiger partial charge on any atom is -0.490 e. The summed E-state index contributed by atoms with van der Waals surface area (Å²) in [6.45, 7) is 3.35. The number of hydrogen-bond acceptors (Lipinski definition) is 2. The highest BCUT2D eigenvalue weighted by atomic mass is 16.5. The number of rotatable bonds is 7. The Hall–Kier alpha value is -1.02. The molecule has 1 aromatic rings. The lowest BCUT2D eigenvalue weighted by Crippen LogP contribution is -2.32. The Morgan fingerprint density at radius 1 is 1.16 bits per heavy atom. The van der Waals surface area contributed by atoms with Crippen molar-refractivity contribution < 1.29 is 4.74 Å². The second-order valence-corrected chi connectivity index (χ2v) is 6.01. The van der Waals surface area contributed by atoms with Crippen LogP contribution in [0.4, 0.5) is 0 Å². The maximum absolute atomic E-state index is 5.82. The van der Waals surface area contributed by atoms with Crippen molar-refractivity contribution in [1.82, 2.24) is 5.32 Å². The van der Waals surface area contributed by atoms with Crippen molar-refractivity contribution in [1.29, 1.82) is 0 Å². The van der Waals surface area contributed by atoms with Gasteiger partial charge in [-0.1, -0.05) is 25.5 Å². The molecular formula is C17H25NO. The number of hydrogen-bond donors (Lipinski definition) is 1. The Kier molecular flexibility index (Phi) is 4.07. The van der Waals surface area contributed by atoms with Crippen LogP contribution in [0.25, 0.3) is 0 Å². The van der Waals surface area contributed by atoms with Gasteiger partial charge < -0.3 is 10.1 Å². The van der Waals surface area contributed by atoms with Crippen LogP contribution >= 0.6 is 0 Å². The molecule has 2 aliphatic carbocycles. The lowest BCUT2D eigenvalue weighted by atomic mass is 9.77. The Labute approximate surface area is 116 Å². The van der Waals surface area contributed by atoms with Crippen LogP contribution in [0.15, 0.2) is 24.3 Å². The van der Waals surface area contributed by atoms with Crippen LogP contribution in [0.1, 0.15) is 57.1 Å². The highest BCUT2D eigenvalue weighted by Gasteiger charge is 2.28. The van der Waals surface area contributed by atoms with Gasteiger partial charge in [0, 0.05) is 6.04 Å². The van der Waals surface area contributed by atoms with Crippen molar-refractivity contribution in [3.63, 3.8) is 0 Å². The summed E-state index contributed by atoms with van der Waals surface area (Å²) in [6.07, 6.45) is 8.30. The summed E-state index contributed by atoms with van der Waals surface area (Å²) < 4.78 is 5.82. The minimum absolute atomic E-state index is 0.492. The molecule has 0 amide bonds. The van der Waals surface area contributed by atoms with E-state index in [0.717, 1.165) is 18.2 Å². The van der Waals surface area contributed by atoms with Crippen LogP contribution in [-0.4, -0.2) is 12.6 Å². The van der Waals surface area contributed by atoms with Crippen molar-refractivity contribution in [2.24, 2.45) is 5.92 Å². The van der Waals surface area contributed by atoms with Crippen LogP contribution in [0, 0.1) is 5.92 Å². The van der Waals surface area contributed by atoms with Gasteiger partial charge in [0.2, 0.25) is 0 Å². The van der Waals surface area contributed by atoms with Gasteiger partial charge in [-0.15, -0.1) is 0 Å². The van der Waals surface area contributed by atoms with Crippen LogP contribution in [0.2, 0.25) is 0 Å². The zero-order valence-corrected chi connectivity index (χ0v) is 11.9. The summed E-state index contributed by atoms with van der Waals surface area (Å²) in [6, 6.07) is 9.34. The van der Waals surface area contributed by atoms with Crippen molar-refractivity contribution in [2.45, 2.75) is 57.6 Å². The molecule has 19 heavy (non-hydrogen) atoms. The molecule has 1 unspecified atom stereocenters. The first-order valence-corrected chi connectivity index (χ1v) is 7.87. The molecule has 2 heteroatoms. The van der Waals surface area contributed by atoms with Crippen LogP contribution < -0.4 is 10.1 Å². The molecule has 3 rings (SSSR count). The molecule has 0 bridgehead atoms. The van der Waals surface area contributed by atoms with Gasteiger partial charge in [0.05, 0.1) is 6.10 Å². The number of ether oxygens (including phenoxy) is 1. The normalized spacial score (nSPS) is 20.9. The first-order chi connectivity index (χ1) is 9.36. The monoisotopic (exact) mass is 259 g/mol. The van der Waals surface area contributed by atoms with E-state index in [1.54, 1.807) is 0 Å². The van der Waals surface area contributed by atoms with E-state index >= 15 is 0 Å². The van der Waals surface area contributed by atoms with Crippen molar-refractivity contribution in [3.8, 4) is 5.75 Å². The molecule has 0 saturated heterocycles. The second-order valence-electron chi connectivity index (χ2n) is 6.01. The fourth-order valence-corrected chi connectivity index (χ4v) is 2.76. The second kappa shape index (κ2) is 5.96. The van der Waals surface area contributed by atoms with Crippen molar-refractivity contribution >= 4 is 0 Å². The summed E-state index contributed by atoms with van der Waals surface area (Å²) in [5, 5.41) is 3.72. The van der Waals surface area contributed by atoms with Gasteiger partial charge >= 0.3 is 0 Å². The average molecular weight is 259 g/mol. The maximum Gasteiger partial charge on any atom is 0.119 e. The van der Waals surface area contributed by atoms with E-state index in [9.17, 15) is 0 Å². The van der Waals surface area contributed by atoms with Gasteiger partial charge in [0.15, 0.2) is 0 Å². The van der Waals surface area contributed by atoms with Gasteiger partial charge in [-0.05, 0) is 62.3 Å². The Morgan fingerprint density at radius 2 is 1.89 bits per heavy atom. The zero-order chi connectivity index (χ0) is 13.1. The Bertz CT molecular complexity index is 392. The summed E-state index contributed by atoms with van der Waals surface area (Å²) in [5.41, 5.74) is 1.43. The fourth-order valence-electron chi connectivity index (χ4n) is 2.76. The Balaban J connectivity index is 1.65. The smallest absolute Gasteiger partial charge is 0.119 e. The van der Waals surface area contributed by atoms with Crippen molar-refractivity contribution in [2.75, 3.05) is 6.54 Å². The molecule has 0 radical (unpaired) electrons. The first kappa shape index (κ1) is 13.0. The van der Waals surface area contributed by atoms with Crippen LogP contribution in [0.3, 0.4) is 0 Å². The molecule has 1 N–H and O–H groups in total. The lowest BCUT2D eigenvalue weighted by Gasteiger charge is -2.35. The van der Waals surface area contributed by atoms with Crippen LogP contribution in [0.5, 0.6) is 5.75 Å². The topological polar surface area (TPSA) is 21.3 Å².